The first-order valence-corrected chi connectivity index (χ1v) is 8.79. The molecule has 1 aromatic heterocycles. The normalized spacial score (nSPS) is 24.9. The first kappa shape index (κ1) is 17.0. The second kappa shape index (κ2) is 6.59. The van der Waals surface area contributed by atoms with Crippen LogP contribution in [0, 0.1) is 5.41 Å². The van der Waals surface area contributed by atoms with E-state index in [4.69, 9.17) is 17.3 Å². The summed E-state index contributed by atoms with van der Waals surface area (Å²) in [4.78, 5) is 28.6. The van der Waals surface area contributed by atoms with Crippen molar-refractivity contribution in [1.29, 1.82) is 0 Å². The van der Waals surface area contributed by atoms with Crippen LogP contribution < -0.4 is 16.4 Å². The number of halogens is 1. The number of hydrogen-bond acceptors (Lipinski definition) is 4. The first-order chi connectivity index (χ1) is 11.4. The van der Waals surface area contributed by atoms with Gasteiger partial charge in [0.1, 0.15) is 5.69 Å². The standard InChI is InChI=1S/C17H23ClN4O2/c1-17(6-7-17)16(24)22-11-4-2-3-10(9-11)21-15(23)14-13(18)12(19)5-8-20-14/h5,8,10-11H,2-4,6-7,9H2,1H3,(H2,19,20)(H,21,23)(H,22,24). The number of nitrogens with two attached hydrogens (primary N) is 1. The van der Waals surface area contributed by atoms with Crippen LogP contribution in [-0.4, -0.2) is 28.9 Å². The molecule has 2 aliphatic rings. The Bertz CT molecular complexity index is 660. The maximum absolute atomic E-state index is 12.4. The summed E-state index contributed by atoms with van der Waals surface area (Å²) in [6.07, 6.45) is 6.92. The average molecular weight is 351 g/mol. The lowest BCUT2D eigenvalue weighted by Gasteiger charge is -2.31. The van der Waals surface area contributed by atoms with Gasteiger partial charge in [-0.15, -0.1) is 0 Å². The van der Waals surface area contributed by atoms with Gasteiger partial charge in [0.15, 0.2) is 0 Å². The summed E-state index contributed by atoms with van der Waals surface area (Å²) in [7, 11) is 0. The molecule has 0 saturated heterocycles. The fraction of sp³-hybridized carbons (Fsp3) is 0.588. The molecule has 0 radical (unpaired) electrons. The highest BCUT2D eigenvalue weighted by Crippen LogP contribution is 2.45. The van der Waals surface area contributed by atoms with Crippen molar-refractivity contribution in [2.24, 2.45) is 5.41 Å². The predicted octanol–water partition coefficient (Wildman–Crippen LogP) is 2.27. The second-order valence-corrected chi connectivity index (χ2v) is 7.51. The van der Waals surface area contributed by atoms with Gasteiger partial charge in [-0.1, -0.05) is 18.5 Å². The van der Waals surface area contributed by atoms with E-state index < -0.39 is 0 Å². The molecule has 24 heavy (non-hydrogen) atoms. The Morgan fingerprint density at radius 2 is 1.96 bits per heavy atom. The second-order valence-electron chi connectivity index (χ2n) is 7.13. The van der Waals surface area contributed by atoms with Crippen molar-refractivity contribution in [3.8, 4) is 0 Å². The van der Waals surface area contributed by atoms with Crippen LogP contribution in [0.5, 0.6) is 0 Å². The van der Waals surface area contributed by atoms with Gasteiger partial charge in [0, 0.05) is 23.7 Å². The summed E-state index contributed by atoms with van der Waals surface area (Å²) in [5.74, 6) is -0.182. The fourth-order valence-corrected chi connectivity index (χ4v) is 3.29. The summed E-state index contributed by atoms with van der Waals surface area (Å²) in [6.45, 7) is 2.00. The minimum absolute atomic E-state index is 0.00264. The number of aromatic nitrogens is 1. The monoisotopic (exact) mass is 350 g/mol. The number of nitrogen functional groups attached to an aromatic ring is 1. The van der Waals surface area contributed by atoms with Crippen molar-refractivity contribution >= 4 is 29.1 Å². The third-order valence-corrected chi connectivity index (χ3v) is 5.42. The van der Waals surface area contributed by atoms with Crippen LogP contribution in [-0.2, 0) is 4.79 Å². The quantitative estimate of drug-likeness (QED) is 0.776. The molecule has 2 atom stereocenters. The number of nitrogens with zero attached hydrogens (tertiary/aromatic N) is 1. The molecule has 2 aliphatic carbocycles. The van der Waals surface area contributed by atoms with Gasteiger partial charge in [-0.05, 0) is 44.6 Å². The van der Waals surface area contributed by atoms with Crippen LogP contribution in [0.3, 0.4) is 0 Å². The van der Waals surface area contributed by atoms with Crippen molar-refractivity contribution in [2.75, 3.05) is 5.73 Å². The predicted molar refractivity (Wildman–Crippen MR) is 92.7 cm³/mol. The number of pyridine rings is 1. The van der Waals surface area contributed by atoms with Gasteiger partial charge in [-0.2, -0.15) is 0 Å². The number of anilines is 1. The van der Waals surface area contributed by atoms with Gasteiger partial charge in [-0.3, -0.25) is 9.59 Å². The summed E-state index contributed by atoms with van der Waals surface area (Å²) in [5.41, 5.74) is 6.03. The van der Waals surface area contributed by atoms with Gasteiger partial charge < -0.3 is 16.4 Å². The van der Waals surface area contributed by atoms with E-state index in [2.05, 4.69) is 15.6 Å². The smallest absolute Gasteiger partial charge is 0.271 e. The molecule has 0 spiro atoms. The third kappa shape index (κ3) is 3.64. The van der Waals surface area contributed by atoms with Crippen molar-refractivity contribution in [3.63, 3.8) is 0 Å². The van der Waals surface area contributed by atoms with E-state index in [0.29, 0.717) is 5.69 Å². The highest BCUT2D eigenvalue weighted by Gasteiger charge is 2.45. The van der Waals surface area contributed by atoms with Crippen LogP contribution in [0.15, 0.2) is 12.3 Å². The molecule has 1 heterocycles. The van der Waals surface area contributed by atoms with E-state index in [0.717, 1.165) is 38.5 Å². The lowest BCUT2D eigenvalue weighted by molar-refractivity contribution is -0.126. The molecule has 3 rings (SSSR count). The van der Waals surface area contributed by atoms with Gasteiger partial charge in [-0.25, -0.2) is 4.98 Å². The van der Waals surface area contributed by atoms with Crippen LogP contribution in [0.25, 0.3) is 0 Å². The lowest BCUT2D eigenvalue weighted by Crippen LogP contribution is -2.47. The summed E-state index contributed by atoms with van der Waals surface area (Å²) < 4.78 is 0. The van der Waals surface area contributed by atoms with E-state index in [-0.39, 0.29) is 40.0 Å². The number of nitrogens with one attached hydrogen (secondary N) is 2. The molecular formula is C17H23ClN4O2. The van der Waals surface area contributed by atoms with Crippen molar-refractivity contribution in [3.05, 3.63) is 23.0 Å². The molecule has 0 bridgehead atoms. The molecule has 2 unspecified atom stereocenters. The number of hydrogen-bond donors (Lipinski definition) is 3. The fourth-order valence-electron chi connectivity index (χ4n) is 3.10. The Morgan fingerprint density at radius 1 is 1.29 bits per heavy atom. The maximum Gasteiger partial charge on any atom is 0.271 e. The largest absolute Gasteiger partial charge is 0.397 e. The lowest BCUT2D eigenvalue weighted by atomic mass is 9.90. The SMILES string of the molecule is CC1(C(=O)NC2CCCC(NC(=O)c3nccc(N)c3Cl)C2)CC1. The summed E-state index contributed by atoms with van der Waals surface area (Å²) in [6, 6.07) is 1.67. The van der Waals surface area contributed by atoms with Crippen LogP contribution >= 0.6 is 11.6 Å². The zero-order valence-electron chi connectivity index (χ0n) is 13.8. The molecule has 2 fully saturated rings. The average Bonchev–Trinajstić information content (AvgIpc) is 3.29. The Morgan fingerprint density at radius 3 is 2.62 bits per heavy atom. The van der Waals surface area contributed by atoms with E-state index in [1.54, 1.807) is 6.07 Å². The number of amides is 2. The Kier molecular flexibility index (Phi) is 4.67. The molecule has 0 aromatic carbocycles. The molecule has 6 nitrogen and oxygen atoms in total. The number of carbonyl (C=O) groups is 2. The third-order valence-electron chi connectivity index (χ3n) is 5.03. The van der Waals surface area contributed by atoms with Crippen molar-refractivity contribution < 1.29 is 9.59 Å². The van der Waals surface area contributed by atoms with E-state index >= 15 is 0 Å². The summed E-state index contributed by atoms with van der Waals surface area (Å²) >= 11 is 6.06. The van der Waals surface area contributed by atoms with Crippen molar-refractivity contribution in [1.82, 2.24) is 15.6 Å². The van der Waals surface area contributed by atoms with Crippen LogP contribution in [0.2, 0.25) is 5.02 Å². The van der Waals surface area contributed by atoms with Gasteiger partial charge in [0.25, 0.3) is 5.91 Å². The maximum atomic E-state index is 12.4. The Hall–Kier alpha value is -1.82. The first-order valence-electron chi connectivity index (χ1n) is 8.41. The zero-order chi connectivity index (χ0) is 17.3. The van der Waals surface area contributed by atoms with Crippen LogP contribution in [0.1, 0.15) is 55.9 Å². The molecule has 7 heteroatoms. The minimum Gasteiger partial charge on any atom is -0.397 e. The topological polar surface area (TPSA) is 97.1 Å². The number of carbonyl (C=O) groups excluding carboxylic acids is 2. The number of rotatable bonds is 4. The molecule has 2 saturated carbocycles. The highest BCUT2D eigenvalue weighted by molar-refractivity contribution is 6.35. The zero-order valence-corrected chi connectivity index (χ0v) is 14.5. The molecule has 1 aromatic rings. The van der Waals surface area contributed by atoms with E-state index in [1.807, 2.05) is 6.92 Å². The minimum atomic E-state index is -0.321. The van der Waals surface area contributed by atoms with Gasteiger partial charge in [0.2, 0.25) is 5.91 Å². The summed E-state index contributed by atoms with van der Waals surface area (Å²) in [5, 5.41) is 6.28. The van der Waals surface area contributed by atoms with E-state index in [1.165, 1.54) is 6.20 Å². The molecular weight excluding hydrogens is 328 g/mol. The van der Waals surface area contributed by atoms with Gasteiger partial charge >= 0.3 is 0 Å². The molecule has 0 aliphatic heterocycles. The van der Waals surface area contributed by atoms with Crippen molar-refractivity contribution in [2.45, 2.75) is 57.5 Å². The molecule has 2 amide bonds. The highest BCUT2D eigenvalue weighted by atomic mass is 35.5. The Labute approximate surface area is 146 Å². The Balaban J connectivity index is 1.58. The molecule has 4 N–H and O–H groups in total. The van der Waals surface area contributed by atoms with E-state index in [9.17, 15) is 9.59 Å². The van der Waals surface area contributed by atoms with Gasteiger partial charge in [0.05, 0.1) is 10.7 Å². The van der Waals surface area contributed by atoms with Crippen LogP contribution in [0.4, 0.5) is 5.69 Å². The molecule has 130 valence electrons.